The third kappa shape index (κ3) is 6.66. The van der Waals surface area contributed by atoms with Gasteiger partial charge in [0.2, 0.25) is 0 Å². The lowest BCUT2D eigenvalue weighted by Crippen LogP contribution is -2.50. The smallest absolute Gasteiger partial charge is 0.323 e. The Bertz CT molecular complexity index is 834. The first-order chi connectivity index (χ1) is 15.3. The normalized spacial score (nSPS) is 13.2. The highest BCUT2D eigenvalue weighted by Gasteiger charge is 2.29. The second kappa shape index (κ2) is 12.0. The van der Waals surface area contributed by atoms with Crippen molar-refractivity contribution in [3.8, 4) is 11.5 Å². The second-order valence-electron chi connectivity index (χ2n) is 7.27. The minimum Gasteiger partial charge on any atom is -0.508 e. The van der Waals surface area contributed by atoms with E-state index in [0.29, 0.717) is 11.1 Å². The summed E-state index contributed by atoms with van der Waals surface area (Å²) in [6, 6.07) is 10.2. The first kappa shape index (κ1) is 25.1. The van der Waals surface area contributed by atoms with E-state index in [1.165, 1.54) is 21.9 Å². The SMILES string of the molecule is O=C(O)C(CO)N(CCN(Cc1ccccc1O)C(CO)C(=O)O)Cc1ccccc1O. The predicted molar refractivity (Wildman–Crippen MR) is 114 cm³/mol. The maximum Gasteiger partial charge on any atom is 0.323 e. The van der Waals surface area contributed by atoms with E-state index in [9.17, 15) is 40.2 Å². The highest BCUT2D eigenvalue weighted by molar-refractivity contribution is 5.74. The minimum atomic E-state index is -1.29. The molecule has 2 rings (SSSR count). The summed E-state index contributed by atoms with van der Waals surface area (Å²) in [5.41, 5.74) is 0.882. The fourth-order valence-electron chi connectivity index (χ4n) is 3.37. The van der Waals surface area contributed by atoms with Gasteiger partial charge in [-0.15, -0.1) is 0 Å². The topological polar surface area (TPSA) is 162 Å². The van der Waals surface area contributed by atoms with Crippen LogP contribution in [0, 0.1) is 0 Å². The van der Waals surface area contributed by atoms with Gasteiger partial charge < -0.3 is 30.6 Å². The largest absolute Gasteiger partial charge is 0.508 e. The van der Waals surface area contributed by atoms with Gasteiger partial charge in [-0.2, -0.15) is 0 Å². The lowest BCUT2D eigenvalue weighted by Gasteiger charge is -2.33. The molecule has 0 saturated carbocycles. The summed E-state index contributed by atoms with van der Waals surface area (Å²) in [5, 5.41) is 58.4. The van der Waals surface area contributed by atoms with Crippen LogP contribution < -0.4 is 0 Å². The average Bonchev–Trinajstić information content (AvgIpc) is 2.75. The molecule has 2 aromatic carbocycles. The molecular formula is C22H28N2O8. The summed E-state index contributed by atoms with van der Waals surface area (Å²) in [4.78, 5) is 26.2. The van der Waals surface area contributed by atoms with Gasteiger partial charge in [-0.3, -0.25) is 19.4 Å². The van der Waals surface area contributed by atoms with Gasteiger partial charge in [0.1, 0.15) is 23.6 Å². The fraction of sp³-hybridized carbons (Fsp3) is 0.364. The summed E-state index contributed by atoms with van der Waals surface area (Å²) in [6.07, 6.45) is 0. The van der Waals surface area contributed by atoms with E-state index in [1.807, 2.05) is 0 Å². The standard InChI is InChI=1S/C22H28N2O8/c25-13-17(21(29)30)23(11-15-5-1-3-7-19(15)27)9-10-24(18(14-26)22(31)32)12-16-6-2-4-8-20(16)28/h1-8,17-18,25-28H,9-14H2,(H,29,30)(H,31,32). The van der Waals surface area contributed by atoms with E-state index < -0.39 is 37.2 Å². The zero-order valence-corrected chi connectivity index (χ0v) is 17.4. The van der Waals surface area contributed by atoms with Crippen LogP contribution in [0.25, 0.3) is 0 Å². The molecule has 6 N–H and O–H groups in total. The van der Waals surface area contributed by atoms with Crippen LogP contribution in [0.1, 0.15) is 11.1 Å². The summed E-state index contributed by atoms with van der Waals surface area (Å²) < 4.78 is 0. The molecule has 0 aromatic heterocycles. The molecule has 0 amide bonds. The van der Waals surface area contributed by atoms with Crippen LogP contribution in [-0.4, -0.2) is 90.8 Å². The number of phenolic OH excluding ortho intramolecular Hbond substituents is 2. The van der Waals surface area contributed by atoms with Gasteiger partial charge >= 0.3 is 11.9 Å². The Morgan fingerprint density at radius 3 is 1.31 bits per heavy atom. The fourth-order valence-corrected chi connectivity index (χ4v) is 3.37. The van der Waals surface area contributed by atoms with E-state index in [2.05, 4.69) is 0 Å². The molecule has 0 saturated heterocycles. The van der Waals surface area contributed by atoms with Crippen LogP contribution in [0.5, 0.6) is 11.5 Å². The third-order valence-corrected chi connectivity index (χ3v) is 5.20. The Labute approximate surface area is 185 Å². The molecule has 2 atom stereocenters. The Balaban J connectivity index is 2.29. The highest BCUT2D eigenvalue weighted by atomic mass is 16.4. The van der Waals surface area contributed by atoms with Gasteiger partial charge in [-0.1, -0.05) is 36.4 Å². The summed E-state index contributed by atoms with van der Waals surface area (Å²) in [5.74, 6) is -2.62. The molecule has 10 nitrogen and oxygen atoms in total. The van der Waals surface area contributed by atoms with Crippen molar-refractivity contribution in [2.24, 2.45) is 0 Å². The van der Waals surface area contributed by atoms with Gasteiger partial charge in [0.05, 0.1) is 13.2 Å². The van der Waals surface area contributed by atoms with Crippen molar-refractivity contribution in [2.45, 2.75) is 25.2 Å². The number of carboxylic acids is 2. The van der Waals surface area contributed by atoms with Gasteiger partial charge in [0.15, 0.2) is 0 Å². The number of benzene rings is 2. The van der Waals surface area contributed by atoms with Crippen LogP contribution in [-0.2, 0) is 22.7 Å². The summed E-state index contributed by atoms with van der Waals surface area (Å²) >= 11 is 0. The van der Waals surface area contributed by atoms with E-state index in [1.54, 1.807) is 36.4 Å². The van der Waals surface area contributed by atoms with Crippen LogP contribution >= 0.6 is 0 Å². The number of aromatic hydroxyl groups is 2. The Kier molecular flexibility index (Phi) is 9.41. The van der Waals surface area contributed by atoms with Crippen molar-refractivity contribution in [1.29, 1.82) is 0 Å². The minimum absolute atomic E-state index is 0.00321. The molecule has 0 fully saturated rings. The molecule has 0 aliphatic carbocycles. The number of rotatable bonds is 13. The molecule has 174 valence electrons. The van der Waals surface area contributed by atoms with Gasteiger partial charge in [-0.05, 0) is 12.1 Å². The number of hydrogen-bond donors (Lipinski definition) is 6. The molecule has 32 heavy (non-hydrogen) atoms. The van der Waals surface area contributed by atoms with Crippen molar-refractivity contribution >= 4 is 11.9 Å². The number of para-hydroxylation sites is 2. The monoisotopic (exact) mass is 448 g/mol. The highest BCUT2D eigenvalue weighted by Crippen LogP contribution is 2.21. The first-order valence-corrected chi connectivity index (χ1v) is 9.97. The molecule has 10 heteroatoms. The molecule has 0 heterocycles. The number of hydrogen-bond acceptors (Lipinski definition) is 8. The van der Waals surface area contributed by atoms with E-state index in [0.717, 1.165) is 0 Å². The second-order valence-corrected chi connectivity index (χ2v) is 7.27. The van der Waals surface area contributed by atoms with Crippen LogP contribution in [0.4, 0.5) is 0 Å². The van der Waals surface area contributed by atoms with E-state index in [-0.39, 0.29) is 37.7 Å². The molecule has 0 aliphatic heterocycles. The van der Waals surface area contributed by atoms with Gasteiger partial charge in [0.25, 0.3) is 0 Å². The molecule has 0 aliphatic rings. The quantitative estimate of drug-likeness (QED) is 0.251. The maximum atomic E-state index is 11.7. The summed E-state index contributed by atoms with van der Waals surface area (Å²) in [7, 11) is 0. The van der Waals surface area contributed by atoms with Crippen LogP contribution in [0.15, 0.2) is 48.5 Å². The number of aliphatic hydroxyl groups is 2. The number of aliphatic carboxylic acids is 2. The molecule has 2 unspecified atom stereocenters. The number of carbonyl (C=O) groups is 2. The van der Waals surface area contributed by atoms with Crippen molar-refractivity contribution in [3.63, 3.8) is 0 Å². The molecule has 0 radical (unpaired) electrons. The number of carboxylic acid groups (broad SMARTS) is 2. The Morgan fingerprint density at radius 2 is 1.03 bits per heavy atom. The lowest BCUT2D eigenvalue weighted by atomic mass is 10.1. The molecular weight excluding hydrogens is 420 g/mol. The average molecular weight is 448 g/mol. The van der Waals surface area contributed by atoms with Crippen molar-refractivity contribution in [2.75, 3.05) is 26.3 Å². The number of aliphatic hydroxyl groups excluding tert-OH is 2. The van der Waals surface area contributed by atoms with Crippen molar-refractivity contribution in [1.82, 2.24) is 9.80 Å². The van der Waals surface area contributed by atoms with Crippen LogP contribution in [0.2, 0.25) is 0 Å². The zero-order valence-electron chi connectivity index (χ0n) is 17.4. The predicted octanol–water partition coefficient (Wildman–Crippen LogP) is 0.293. The van der Waals surface area contributed by atoms with Crippen molar-refractivity contribution in [3.05, 3.63) is 59.7 Å². The van der Waals surface area contributed by atoms with Gasteiger partial charge in [0, 0.05) is 37.3 Å². The summed E-state index contributed by atoms with van der Waals surface area (Å²) in [6.45, 7) is -1.39. The maximum absolute atomic E-state index is 11.7. The Hall–Kier alpha value is -3.18. The number of phenols is 2. The lowest BCUT2D eigenvalue weighted by molar-refractivity contribution is -0.148. The van der Waals surface area contributed by atoms with E-state index >= 15 is 0 Å². The molecule has 2 aromatic rings. The van der Waals surface area contributed by atoms with Crippen LogP contribution in [0.3, 0.4) is 0 Å². The zero-order chi connectivity index (χ0) is 23.7. The third-order valence-electron chi connectivity index (χ3n) is 5.20. The molecule has 0 spiro atoms. The van der Waals surface area contributed by atoms with Gasteiger partial charge in [-0.25, -0.2) is 0 Å². The first-order valence-electron chi connectivity index (χ1n) is 9.97. The number of nitrogens with zero attached hydrogens (tertiary/aromatic N) is 2. The van der Waals surface area contributed by atoms with Crippen molar-refractivity contribution < 1.29 is 40.2 Å². The van der Waals surface area contributed by atoms with E-state index in [4.69, 9.17) is 0 Å². The Morgan fingerprint density at radius 1 is 0.688 bits per heavy atom. The molecule has 0 bridgehead atoms.